The van der Waals surface area contributed by atoms with Crippen LogP contribution in [0.2, 0.25) is 0 Å². The molecule has 1 atom stereocenters. The van der Waals surface area contributed by atoms with E-state index in [9.17, 15) is 18.0 Å². The highest BCUT2D eigenvalue weighted by molar-refractivity contribution is 7.10. The summed E-state index contributed by atoms with van der Waals surface area (Å²) in [6.07, 6.45) is -1.51. The molecule has 1 aliphatic heterocycles. The molecule has 0 spiro atoms. The Balaban J connectivity index is 1.33. The van der Waals surface area contributed by atoms with Gasteiger partial charge in [0.25, 0.3) is 5.91 Å². The van der Waals surface area contributed by atoms with Crippen LogP contribution in [0.25, 0.3) is 21.7 Å². The minimum atomic E-state index is -4.72. The molecule has 1 saturated heterocycles. The summed E-state index contributed by atoms with van der Waals surface area (Å²) in [6.45, 7) is 3.07. The molecular weight excluding hydrogens is 481 g/mol. The van der Waals surface area contributed by atoms with E-state index in [1.165, 1.54) is 23.7 Å². The summed E-state index contributed by atoms with van der Waals surface area (Å²) >= 11 is 1.27. The highest BCUT2D eigenvalue weighted by Crippen LogP contribution is 2.36. The minimum absolute atomic E-state index is 0.0735. The second kappa shape index (κ2) is 11.1. The normalized spacial score (nSPS) is 16.1. The summed E-state index contributed by atoms with van der Waals surface area (Å²) in [5.41, 5.74) is 3.31. The molecule has 3 aromatic rings. The van der Waals surface area contributed by atoms with Gasteiger partial charge >= 0.3 is 6.36 Å². The number of carbonyl (C=O) groups excluding carboxylic acids is 1. The largest absolute Gasteiger partial charge is 0.573 e. The Morgan fingerprint density at radius 1 is 1.09 bits per heavy atom. The van der Waals surface area contributed by atoms with Crippen LogP contribution in [0.5, 0.6) is 11.5 Å². The Labute approximate surface area is 205 Å². The van der Waals surface area contributed by atoms with Gasteiger partial charge in [0, 0.05) is 18.7 Å². The van der Waals surface area contributed by atoms with Gasteiger partial charge < -0.3 is 19.5 Å². The number of benzene rings is 2. The maximum atomic E-state index is 12.4. The van der Waals surface area contributed by atoms with Crippen LogP contribution in [0, 0.1) is 6.92 Å². The summed E-state index contributed by atoms with van der Waals surface area (Å²) in [5, 5.41) is 2.84. The molecule has 186 valence electrons. The van der Waals surface area contributed by atoms with Crippen LogP contribution in [-0.2, 0) is 9.53 Å². The van der Waals surface area contributed by atoms with E-state index in [0.717, 1.165) is 53.1 Å². The van der Waals surface area contributed by atoms with Crippen molar-refractivity contribution in [2.45, 2.75) is 38.7 Å². The number of ether oxygens (including phenoxy) is 3. The zero-order valence-electron chi connectivity index (χ0n) is 19.1. The lowest BCUT2D eigenvalue weighted by molar-refractivity contribution is -0.274. The van der Waals surface area contributed by atoms with Crippen molar-refractivity contribution in [2.24, 2.45) is 0 Å². The molecule has 1 aliphatic rings. The fraction of sp³-hybridized carbons (Fsp3) is 0.360. The van der Waals surface area contributed by atoms with Crippen molar-refractivity contribution in [1.29, 1.82) is 0 Å². The summed E-state index contributed by atoms with van der Waals surface area (Å²) < 4.78 is 56.8. The number of alkyl halides is 3. The van der Waals surface area contributed by atoms with Gasteiger partial charge in [0.2, 0.25) is 0 Å². The molecule has 1 N–H and O–H groups in total. The molecule has 2 heterocycles. The van der Waals surface area contributed by atoms with E-state index in [4.69, 9.17) is 9.47 Å². The molecule has 6 nitrogen and oxygen atoms in total. The molecule has 0 aliphatic carbocycles. The fourth-order valence-electron chi connectivity index (χ4n) is 3.79. The van der Waals surface area contributed by atoms with E-state index >= 15 is 0 Å². The topological polar surface area (TPSA) is 69.7 Å². The van der Waals surface area contributed by atoms with Gasteiger partial charge in [0.05, 0.1) is 16.7 Å². The van der Waals surface area contributed by atoms with Crippen LogP contribution >= 0.6 is 11.5 Å². The molecule has 0 bridgehead atoms. The van der Waals surface area contributed by atoms with Gasteiger partial charge in [-0.3, -0.25) is 4.79 Å². The van der Waals surface area contributed by atoms with Crippen molar-refractivity contribution >= 4 is 17.4 Å². The number of rotatable bonds is 8. The van der Waals surface area contributed by atoms with E-state index in [1.807, 2.05) is 19.1 Å². The second-order valence-corrected chi connectivity index (χ2v) is 8.94. The number of carbonyl (C=O) groups is 1. The van der Waals surface area contributed by atoms with E-state index in [0.29, 0.717) is 12.3 Å². The van der Waals surface area contributed by atoms with Crippen molar-refractivity contribution in [3.8, 4) is 33.2 Å². The summed E-state index contributed by atoms with van der Waals surface area (Å²) in [7, 11) is 0. The number of amides is 1. The number of aromatic nitrogens is 1. The predicted molar refractivity (Wildman–Crippen MR) is 127 cm³/mol. The monoisotopic (exact) mass is 506 g/mol. The summed E-state index contributed by atoms with van der Waals surface area (Å²) in [4.78, 5) is 12.9. The standard InChI is InChI=1S/C25H25F3N2O4S/c1-16-23(30-35-24(16)18-7-11-20(12-8-18)34-25(26,27)28)17-5-9-19(10-6-17)33-15-22(31)29-14-21-4-2-3-13-32-21/h5-12,21H,2-4,13-15H2,1H3,(H,29,31). The van der Waals surface area contributed by atoms with Crippen LogP contribution in [0.15, 0.2) is 48.5 Å². The van der Waals surface area contributed by atoms with E-state index in [2.05, 4.69) is 14.4 Å². The number of nitrogens with one attached hydrogen (secondary N) is 1. The molecule has 0 saturated carbocycles. The van der Waals surface area contributed by atoms with Gasteiger partial charge in [-0.2, -0.15) is 4.37 Å². The van der Waals surface area contributed by atoms with E-state index < -0.39 is 6.36 Å². The number of hydrogen-bond donors (Lipinski definition) is 1. The van der Waals surface area contributed by atoms with Crippen molar-refractivity contribution in [3.05, 3.63) is 54.1 Å². The SMILES string of the molecule is Cc1c(-c2ccc(OCC(=O)NCC3CCCCO3)cc2)nsc1-c1ccc(OC(F)(F)F)cc1. The van der Waals surface area contributed by atoms with Crippen molar-refractivity contribution in [3.63, 3.8) is 0 Å². The summed E-state index contributed by atoms with van der Waals surface area (Å²) in [6, 6.07) is 13.0. The molecule has 35 heavy (non-hydrogen) atoms. The molecule has 1 amide bonds. The number of halogens is 3. The van der Waals surface area contributed by atoms with Gasteiger partial charge in [-0.05, 0) is 97.4 Å². The third kappa shape index (κ3) is 6.95. The molecule has 10 heteroatoms. The zero-order chi connectivity index (χ0) is 24.8. The highest BCUT2D eigenvalue weighted by Gasteiger charge is 2.31. The van der Waals surface area contributed by atoms with Crippen LogP contribution in [0.1, 0.15) is 24.8 Å². The predicted octanol–water partition coefficient (Wildman–Crippen LogP) is 5.75. The number of nitrogens with zero attached hydrogens (tertiary/aromatic N) is 1. The fourth-order valence-corrected chi connectivity index (χ4v) is 4.69. The lowest BCUT2D eigenvalue weighted by Gasteiger charge is -2.22. The van der Waals surface area contributed by atoms with Crippen molar-refractivity contribution in [1.82, 2.24) is 9.69 Å². The van der Waals surface area contributed by atoms with Gasteiger partial charge in [-0.25, -0.2) is 0 Å². The van der Waals surface area contributed by atoms with Crippen LogP contribution < -0.4 is 14.8 Å². The number of hydrogen-bond acceptors (Lipinski definition) is 6. The molecule has 1 fully saturated rings. The van der Waals surface area contributed by atoms with Crippen LogP contribution in [-0.4, -0.2) is 42.5 Å². The third-order valence-electron chi connectivity index (χ3n) is 5.57. The zero-order valence-corrected chi connectivity index (χ0v) is 19.9. The van der Waals surface area contributed by atoms with Crippen LogP contribution in [0.4, 0.5) is 13.2 Å². The van der Waals surface area contributed by atoms with Crippen molar-refractivity contribution in [2.75, 3.05) is 19.8 Å². The smallest absolute Gasteiger partial charge is 0.484 e. The highest BCUT2D eigenvalue weighted by atomic mass is 32.1. The van der Waals surface area contributed by atoms with Gasteiger partial charge in [0.15, 0.2) is 6.61 Å². The molecule has 4 rings (SSSR count). The van der Waals surface area contributed by atoms with E-state index in [1.54, 1.807) is 24.3 Å². The molecule has 1 unspecified atom stereocenters. The Bertz CT molecular complexity index is 1130. The molecule has 2 aromatic carbocycles. The van der Waals surface area contributed by atoms with Gasteiger partial charge in [0.1, 0.15) is 11.5 Å². The lowest BCUT2D eigenvalue weighted by Crippen LogP contribution is -2.37. The first-order chi connectivity index (χ1) is 16.8. The quantitative estimate of drug-likeness (QED) is 0.422. The Morgan fingerprint density at radius 2 is 1.77 bits per heavy atom. The van der Waals surface area contributed by atoms with Crippen molar-refractivity contribution < 1.29 is 32.2 Å². The molecular formula is C25H25F3N2O4S. The molecule has 0 radical (unpaired) electrons. The first-order valence-corrected chi connectivity index (χ1v) is 12.0. The van der Waals surface area contributed by atoms with Gasteiger partial charge in [-0.15, -0.1) is 13.2 Å². The lowest BCUT2D eigenvalue weighted by atomic mass is 10.0. The second-order valence-electron chi connectivity index (χ2n) is 8.16. The van der Waals surface area contributed by atoms with Gasteiger partial charge in [-0.1, -0.05) is 0 Å². The van der Waals surface area contributed by atoms with Crippen LogP contribution in [0.3, 0.4) is 0 Å². The third-order valence-corrected chi connectivity index (χ3v) is 6.57. The maximum absolute atomic E-state index is 12.4. The minimum Gasteiger partial charge on any atom is -0.484 e. The molecule has 1 aromatic heterocycles. The first-order valence-electron chi connectivity index (χ1n) is 11.2. The Kier molecular flexibility index (Phi) is 7.92. The Hall–Kier alpha value is -3.11. The summed E-state index contributed by atoms with van der Waals surface area (Å²) in [5.74, 6) is 0.0938. The average Bonchev–Trinajstić information content (AvgIpc) is 3.23. The first kappa shape index (κ1) is 25.0. The van der Waals surface area contributed by atoms with E-state index in [-0.39, 0.29) is 24.4 Å². The maximum Gasteiger partial charge on any atom is 0.573 e. The Morgan fingerprint density at radius 3 is 2.43 bits per heavy atom. The average molecular weight is 507 g/mol.